The molecule has 198 valence electrons. The molecule has 1 saturated heterocycles. The number of carbonyl (C=O) groups is 1. The number of pyridine rings is 1. The Bertz CT molecular complexity index is 1620. The molecule has 0 aliphatic carbocycles. The van der Waals surface area contributed by atoms with Crippen molar-refractivity contribution in [2.24, 2.45) is 0 Å². The summed E-state index contributed by atoms with van der Waals surface area (Å²) in [5.74, 6) is -0.257. The first kappa shape index (κ1) is 24.7. The van der Waals surface area contributed by atoms with Crippen LogP contribution in [0.3, 0.4) is 0 Å². The van der Waals surface area contributed by atoms with Crippen LogP contribution in [0.4, 0.5) is 0 Å². The van der Waals surface area contributed by atoms with E-state index in [4.69, 9.17) is 0 Å². The summed E-state index contributed by atoms with van der Waals surface area (Å²) in [6, 6.07) is 14.3. The number of aryl methyl sites for hydroxylation is 2. The Morgan fingerprint density at radius 3 is 2.74 bits per heavy atom. The van der Waals surface area contributed by atoms with Gasteiger partial charge in [-0.25, -0.2) is 0 Å². The fourth-order valence-corrected chi connectivity index (χ4v) is 4.84. The minimum atomic E-state index is -0.257. The lowest BCUT2D eigenvalue weighted by Gasteiger charge is -2.27. The van der Waals surface area contributed by atoms with Crippen LogP contribution in [-0.2, 0) is 30.7 Å². The van der Waals surface area contributed by atoms with Crippen LogP contribution in [0.1, 0.15) is 29.4 Å². The smallest absolute Gasteiger partial charge is 0.273 e. The Hall–Kier alpha value is -4.57. The molecule has 4 aromatic heterocycles. The van der Waals surface area contributed by atoms with E-state index in [-0.39, 0.29) is 18.0 Å². The van der Waals surface area contributed by atoms with Gasteiger partial charge in [0, 0.05) is 53.8 Å². The lowest BCUT2D eigenvalue weighted by Crippen LogP contribution is -2.43. The van der Waals surface area contributed by atoms with E-state index >= 15 is 0 Å². The number of fused-ring (bicyclic) bond motifs is 1. The maximum Gasteiger partial charge on any atom is 0.273 e. The van der Waals surface area contributed by atoms with Crippen LogP contribution in [0.15, 0.2) is 78.2 Å². The Balaban J connectivity index is 1.21. The van der Waals surface area contributed by atoms with Crippen LogP contribution < -0.4 is 16.2 Å². The predicted molar refractivity (Wildman–Crippen MR) is 148 cm³/mol. The van der Waals surface area contributed by atoms with Gasteiger partial charge in [0.1, 0.15) is 12.2 Å². The molecule has 0 unspecified atom stereocenters. The van der Waals surface area contributed by atoms with Crippen molar-refractivity contribution < 1.29 is 4.79 Å². The van der Waals surface area contributed by atoms with Crippen molar-refractivity contribution in [2.75, 3.05) is 13.1 Å². The number of aromatic nitrogens is 6. The summed E-state index contributed by atoms with van der Waals surface area (Å²) in [5, 5.41) is 11.7. The predicted octanol–water partition coefficient (Wildman–Crippen LogP) is 2.62. The van der Waals surface area contributed by atoms with E-state index in [0.29, 0.717) is 30.4 Å². The molecule has 1 aromatic carbocycles. The average Bonchev–Trinajstić information content (AvgIpc) is 3.56. The molecule has 0 bridgehead atoms. The quantitative estimate of drug-likeness (QED) is 0.259. The Kier molecular flexibility index (Phi) is 7.01. The second kappa shape index (κ2) is 11.0. The van der Waals surface area contributed by atoms with Crippen LogP contribution in [0.5, 0.6) is 0 Å². The highest BCUT2D eigenvalue weighted by atomic mass is 16.2. The van der Waals surface area contributed by atoms with E-state index in [1.807, 2.05) is 41.2 Å². The highest BCUT2D eigenvalue weighted by Gasteiger charge is 2.21. The van der Waals surface area contributed by atoms with Crippen molar-refractivity contribution in [1.82, 2.24) is 39.9 Å². The molecule has 0 saturated carbocycles. The lowest BCUT2D eigenvalue weighted by molar-refractivity contribution is -0.121. The molecule has 5 heterocycles. The number of nitrogens with one attached hydrogen (secondary N) is 3. The van der Waals surface area contributed by atoms with Gasteiger partial charge >= 0.3 is 0 Å². The van der Waals surface area contributed by atoms with Gasteiger partial charge in [-0.3, -0.25) is 28.8 Å². The van der Waals surface area contributed by atoms with Gasteiger partial charge < -0.3 is 15.6 Å². The minimum Gasteiger partial charge on any atom is -0.357 e. The van der Waals surface area contributed by atoms with Crippen LogP contribution >= 0.6 is 0 Å². The summed E-state index contributed by atoms with van der Waals surface area (Å²) in [6.45, 7) is 1.93. The molecule has 10 heteroatoms. The van der Waals surface area contributed by atoms with Gasteiger partial charge in [-0.2, -0.15) is 5.10 Å². The second-order valence-corrected chi connectivity index (χ2v) is 9.88. The molecular weight excluding hydrogens is 492 g/mol. The first-order valence-corrected chi connectivity index (χ1v) is 13.2. The first-order valence-electron chi connectivity index (χ1n) is 13.2. The number of rotatable bonds is 10. The number of carbonyl (C=O) groups excluding carboxylic acids is 1. The lowest BCUT2D eigenvalue weighted by atomic mass is 10.1. The van der Waals surface area contributed by atoms with Gasteiger partial charge in [0.15, 0.2) is 0 Å². The van der Waals surface area contributed by atoms with Gasteiger partial charge in [0.2, 0.25) is 5.91 Å². The summed E-state index contributed by atoms with van der Waals surface area (Å²) in [4.78, 5) is 38.6. The molecule has 5 aromatic rings. The molecule has 10 nitrogen and oxygen atoms in total. The molecule has 3 N–H and O–H groups in total. The van der Waals surface area contributed by atoms with Crippen molar-refractivity contribution in [3.63, 3.8) is 0 Å². The van der Waals surface area contributed by atoms with Gasteiger partial charge in [0.05, 0.1) is 30.7 Å². The van der Waals surface area contributed by atoms with E-state index in [1.165, 1.54) is 10.1 Å². The standard InChI is InChI=1S/C29H30N8O2/c38-28(33-14-23-11-21-12-30-10-9-25(21)35-23)19-36-27(22-13-34-37(18-22)24-15-31-16-24)17-32-26(29(36)39)8-4-7-20-5-2-1-3-6-20/h1-3,5-6,9-13,17-18,24,31,35H,4,7-8,14-16,19H2,(H,33,38). The summed E-state index contributed by atoms with van der Waals surface area (Å²) in [6.07, 6.45) is 11.0. The number of H-pyrrole nitrogens is 1. The van der Waals surface area contributed by atoms with E-state index in [2.05, 4.69) is 42.8 Å². The SMILES string of the molecule is O=C(Cn1c(-c2cnn(C3CNC3)c2)cnc(CCCc2ccccc2)c1=O)NCc1cc2cnccc2[nH]1. The van der Waals surface area contributed by atoms with Crippen molar-refractivity contribution in [1.29, 1.82) is 0 Å². The van der Waals surface area contributed by atoms with Crippen LogP contribution in [0, 0.1) is 0 Å². The topological polar surface area (TPSA) is 123 Å². The van der Waals surface area contributed by atoms with Crippen LogP contribution in [-0.4, -0.2) is 48.3 Å². The molecule has 1 amide bonds. The van der Waals surface area contributed by atoms with Gasteiger partial charge in [-0.15, -0.1) is 0 Å². The third-order valence-electron chi connectivity index (χ3n) is 7.13. The highest BCUT2D eigenvalue weighted by Crippen LogP contribution is 2.20. The molecule has 1 aliphatic heterocycles. The number of amides is 1. The number of hydrogen-bond donors (Lipinski definition) is 3. The first-order chi connectivity index (χ1) is 19.1. The van der Waals surface area contributed by atoms with E-state index in [9.17, 15) is 9.59 Å². The Labute approximate surface area is 225 Å². The Morgan fingerprint density at radius 2 is 1.95 bits per heavy atom. The summed E-state index contributed by atoms with van der Waals surface area (Å²) in [7, 11) is 0. The zero-order valence-electron chi connectivity index (χ0n) is 21.5. The van der Waals surface area contributed by atoms with Crippen LogP contribution in [0.2, 0.25) is 0 Å². The normalized spacial score (nSPS) is 13.4. The molecule has 1 fully saturated rings. The molecular formula is C29H30N8O2. The van der Waals surface area contributed by atoms with E-state index < -0.39 is 0 Å². The number of nitrogens with zero attached hydrogens (tertiary/aromatic N) is 5. The molecule has 0 atom stereocenters. The second-order valence-electron chi connectivity index (χ2n) is 9.88. The minimum absolute atomic E-state index is 0.111. The molecule has 39 heavy (non-hydrogen) atoms. The molecule has 1 aliphatic rings. The maximum absolute atomic E-state index is 13.6. The average molecular weight is 523 g/mol. The third kappa shape index (κ3) is 5.51. The zero-order chi connectivity index (χ0) is 26.6. The number of benzene rings is 1. The van der Waals surface area contributed by atoms with Gasteiger partial charge in [-0.1, -0.05) is 30.3 Å². The van der Waals surface area contributed by atoms with Crippen molar-refractivity contribution in [2.45, 2.75) is 38.4 Å². The van der Waals surface area contributed by atoms with Crippen LogP contribution in [0.25, 0.3) is 22.2 Å². The van der Waals surface area contributed by atoms with E-state index in [0.717, 1.165) is 48.1 Å². The summed E-state index contributed by atoms with van der Waals surface area (Å²) in [5.41, 5.74) is 4.60. The summed E-state index contributed by atoms with van der Waals surface area (Å²) < 4.78 is 3.43. The zero-order valence-corrected chi connectivity index (χ0v) is 21.5. The monoisotopic (exact) mass is 522 g/mol. The maximum atomic E-state index is 13.6. The Morgan fingerprint density at radius 1 is 1.08 bits per heavy atom. The van der Waals surface area contributed by atoms with Gasteiger partial charge in [0.25, 0.3) is 5.56 Å². The largest absolute Gasteiger partial charge is 0.357 e. The molecule has 6 rings (SSSR count). The summed E-state index contributed by atoms with van der Waals surface area (Å²) >= 11 is 0. The third-order valence-corrected chi connectivity index (χ3v) is 7.13. The van der Waals surface area contributed by atoms with Crippen molar-refractivity contribution >= 4 is 16.8 Å². The van der Waals surface area contributed by atoms with Gasteiger partial charge in [-0.05, 0) is 37.0 Å². The molecule has 0 spiro atoms. The molecule has 0 radical (unpaired) electrons. The van der Waals surface area contributed by atoms with Crippen molar-refractivity contribution in [3.8, 4) is 11.3 Å². The number of aromatic amines is 1. The fourth-order valence-electron chi connectivity index (χ4n) is 4.84. The van der Waals surface area contributed by atoms with E-state index in [1.54, 1.807) is 24.8 Å². The number of hydrogen-bond acceptors (Lipinski definition) is 6. The van der Waals surface area contributed by atoms with Crippen molar-refractivity contribution in [3.05, 3.63) is 101 Å². The fraction of sp³-hybridized carbons (Fsp3) is 0.276. The highest BCUT2D eigenvalue weighted by molar-refractivity contribution is 5.80.